The third-order valence-corrected chi connectivity index (χ3v) is 7.39. The van der Waals surface area contributed by atoms with E-state index >= 15 is 0 Å². The highest BCUT2D eigenvalue weighted by atomic mass is 35.5. The van der Waals surface area contributed by atoms with Crippen LogP contribution in [0.15, 0.2) is 42.5 Å². The van der Waals surface area contributed by atoms with Crippen molar-refractivity contribution in [2.24, 2.45) is 5.92 Å². The minimum atomic E-state index is -3.72. The SMILES string of the molecule is CC1CS(=O)(=O)N(c2ccc(C(=O)N3c4ccccc4CC3C)c(Cl)c2)C1=O. The number of hydrogen-bond donors (Lipinski definition) is 0. The molecule has 2 unspecified atom stereocenters. The Balaban J connectivity index is 1.70. The molecule has 28 heavy (non-hydrogen) atoms. The van der Waals surface area contributed by atoms with Crippen LogP contribution in [-0.4, -0.2) is 32.0 Å². The zero-order chi connectivity index (χ0) is 20.2. The van der Waals surface area contributed by atoms with Crippen LogP contribution >= 0.6 is 11.6 Å². The molecule has 2 aromatic carbocycles. The van der Waals surface area contributed by atoms with Gasteiger partial charge in [-0.2, -0.15) is 0 Å². The quantitative estimate of drug-likeness (QED) is 0.750. The Bertz CT molecular complexity index is 1100. The number of amides is 2. The highest BCUT2D eigenvalue weighted by Crippen LogP contribution is 2.36. The molecule has 4 rings (SSSR count). The Kier molecular flexibility index (Phi) is 4.47. The van der Waals surface area contributed by atoms with Crippen molar-refractivity contribution < 1.29 is 18.0 Å². The van der Waals surface area contributed by atoms with Crippen LogP contribution < -0.4 is 9.21 Å². The van der Waals surface area contributed by atoms with Crippen molar-refractivity contribution in [3.05, 3.63) is 58.6 Å². The van der Waals surface area contributed by atoms with Crippen molar-refractivity contribution >= 4 is 44.8 Å². The second-order valence-corrected chi connectivity index (χ2v) is 9.57. The van der Waals surface area contributed by atoms with E-state index in [1.807, 2.05) is 31.2 Å². The predicted molar refractivity (Wildman–Crippen MR) is 108 cm³/mol. The lowest BCUT2D eigenvalue weighted by molar-refractivity contribution is -0.119. The summed E-state index contributed by atoms with van der Waals surface area (Å²) in [4.78, 5) is 27.1. The van der Waals surface area contributed by atoms with E-state index in [0.29, 0.717) is 0 Å². The molecule has 0 spiro atoms. The van der Waals surface area contributed by atoms with Gasteiger partial charge in [0, 0.05) is 11.7 Å². The molecule has 0 aliphatic carbocycles. The molecule has 6 nitrogen and oxygen atoms in total. The molecule has 0 N–H and O–H groups in total. The van der Waals surface area contributed by atoms with E-state index in [9.17, 15) is 18.0 Å². The number of para-hydroxylation sites is 1. The largest absolute Gasteiger partial charge is 0.305 e. The highest BCUT2D eigenvalue weighted by molar-refractivity contribution is 7.94. The van der Waals surface area contributed by atoms with E-state index in [-0.39, 0.29) is 34.0 Å². The maximum absolute atomic E-state index is 13.2. The summed E-state index contributed by atoms with van der Waals surface area (Å²) in [6.07, 6.45) is 0.760. The topological polar surface area (TPSA) is 74.8 Å². The summed E-state index contributed by atoms with van der Waals surface area (Å²) in [6.45, 7) is 3.54. The van der Waals surface area contributed by atoms with Gasteiger partial charge in [-0.05, 0) is 43.2 Å². The molecule has 0 aromatic heterocycles. The lowest BCUT2D eigenvalue weighted by atomic mass is 10.1. The fourth-order valence-corrected chi connectivity index (χ4v) is 5.96. The lowest BCUT2D eigenvalue weighted by Crippen LogP contribution is -2.36. The Hall–Kier alpha value is -2.38. The normalized spacial score (nSPS) is 23.2. The predicted octanol–water partition coefficient (Wildman–Crippen LogP) is 3.24. The van der Waals surface area contributed by atoms with Gasteiger partial charge in [0.15, 0.2) is 0 Å². The molecule has 146 valence electrons. The van der Waals surface area contributed by atoms with E-state index < -0.39 is 21.8 Å². The van der Waals surface area contributed by atoms with Crippen LogP contribution in [0.25, 0.3) is 0 Å². The van der Waals surface area contributed by atoms with Crippen LogP contribution in [0.3, 0.4) is 0 Å². The van der Waals surface area contributed by atoms with Crippen molar-refractivity contribution in [1.29, 1.82) is 0 Å². The van der Waals surface area contributed by atoms with Gasteiger partial charge in [0.2, 0.25) is 15.9 Å². The number of sulfonamides is 1. The van der Waals surface area contributed by atoms with Crippen molar-refractivity contribution in [3.8, 4) is 0 Å². The molecule has 2 aliphatic heterocycles. The molecule has 1 saturated heterocycles. The smallest absolute Gasteiger partial charge is 0.260 e. The van der Waals surface area contributed by atoms with Crippen LogP contribution in [0.2, 0.25) is 5.02 Å². The minimum Gasteiger partial charge on any atom is -0.305 e. The van der Waals surface area contributed by atoms with Crippen molar-refractivity contribution in [2.75, 3.05) is 15.0 Å². The highest BCUT2D eigenvalue weighted by Gasteiger charge is 2.42. The fourth-order valence-electron chi connectivity index (χ4n) is 3.90. The first-order valence-corrected chi connectivity index (χ1v) is 11.0. The van der Waals surface area contributed by atoms with Crippen molar-refractivity contribution in [3.63, 3.8) is 0 Å². The third-order valence-electron chi connectivity index (χ3n) is 5.20. The van der Waals surface area contributed by atoms with Crippen LogP contribution in [0.5, 0.6) is 0 Å². The Morgan fingerprint density at radius 3 is 2.50 bits per heavy atom. The molecule has 0 bridgehead atoms. The first-order valence-electron chi connectivity index (χ1n) is 8.98. The van der Waals surface area contributed by atoms with Crippen LogP contribution in [-0.2, 0) is 21.2 Å². The van der Waals surface area contributed by atoms with E-state index in [2.05, 4.69) is 0 Å². The second kappa shape index (κ2) is 6.60. The zero-order valence-electron chi connectivity index (χ0n) is 15.4. The number of nitrogens with zero attached hydrogens (tertiary/aromatic N) is 2. The summed E-state index contributed by atoms with van der Waals surface area (Å²) in [5.74, 6) is -1.58. The standard InChI is InChI=1S/C20H19ClN2O4S/c1-12-11-28(26,27)23(19(12)24)15-7-8-16(17(21)10-15)20(25)22-13(2)9-14-5-3-4-6-18(14)22/h3-8,10,12-13H,9,11H2,1-2H3. The van der Waals surface area contributed by atoms with Gasteiger partial charge in [0.1, 0.15) is 0 Å². The Morgan fingerprint density at radius 1 is 1.14 bits per heavy atom. The molecule has 2 aliphatic rings. The molecule has 2 heterocycles. The van der Waals surface area contributed by atoms with Gasteiger partial charge in [0.05, 0.1) is 27.9 Å². The molecular weight excluding hydrogens is 400 g/mol. The molecular formula is C20H19ClN2O4S. The molecule has 0 radical (unpaired) electrons. The number of benzene rings is 2. The number of rotatable bonds is 2. The fraction of sp³-hybridized carbons (Fsp3) is 0.300. The molecule has 0 saturated carbocycles. The summed E-state index contributed by atoms with van der Waals surface area (Å²) in [5, 5.41) is 0.113. The number of hydrogen-bond acceptors (Lipinski definition) is 4. The molecule has 8 heteroatoms. The van der Waals surface area contributed by atoms with Crippen LogP contribution in [0.1, 0.15) is 29.8 Å². The number of halogens is 1. The van der Waals surface area contributed by atoms with Gasteiger partial charge >= 0.3 is 0 Å². The average molecular weight is 419 g/mol. The minimum absolute atomic E-state index is 0.0120. The number of carbonyl (C=O) groups excluding carboxylic acids is 2. The molecule has 2 atom stereocenters. The zero-order valence-corrected chi connectivity index (χ0v) is 17.0. The lowest BCUT2D eigenvalue weighted by Gasteiger charge is -2.24. The summed E-state index contributed by atoms with van der Waals surface area (Å²) >= 11 is 6.35. The van der Waals surface area contributed by atoms with Gasteiger partial charge < -0.3 is 4.90 Å². The number of carbonyl (C=O) groups is 2. The summed E-state index contributed by atoms with van der Waals surface area (Å²) in [7, 11) is -3.72. The van der Waals surface area contributed by atoms with Gasteiger partial charge in [-0.25, -0.2) is 12.7 Å². The third kappa shape index (κ3) is 2.89. The Morgan fingerprint density at radius 2 is 1.86 bits per heavy atom. The van der Waals surface area contributed by atoms with Gasteiger partial charge in [-0.1, -0.05) is 36.7 Å². The van der Waals surface area contributed by atoms with Gasteiger partial charge in [0.25, 0.3) is 5.91 Å². The van der Waals surface area contributed by atoms with Gasteiger partial charge in [-0.15, -0.1) is 0 Å². The maximum Gasteiger partial charge on any atom is 0.260 e. The van der Waals surface area contributed by atoms with Crippen molar-refractivity contribution in [1.82, 2.24) is 0 Å². The van der Waals surface area contributed by atoms with E-state index in [1.165, 1.54) is 18.2 Å². The van der Waals surface area contributed by atoms with Crippen LogP contribution in [0.4, 0.5) is 11.4 Å². The average Bonchev–Trinajstić information content (AvgIpc) is 3.06. The van der Waals surface area contributed by atoms with E-state index in [1.54, 1.807) is 11.8 Å². The van der Waals surface area contributed by atoms with Crippen molar-refractivity contribution in [2.45, 2.75) is 26.3 Å². The van der Waals surface area contributed by atoms with Crippen LogP contribution in [0, 0.1) is 5.92 Å². The van der Waals surface area contributed by atoms with E-state index in [0.717, 1.165) is 22.0 Å². The molecule has 1 fully saturated rings. The Labute approximate surface area is 168 Å². The summed E-state index contributed by atoms with van der Waals surface area (Å²) < 4.78 is 25.4. The maximum atomic E-state index is 13.2. The number of fused-ring (bicyclic) bond motifs is 1. The van der Waals surface area contributed by atoms with Gasteiger partial charge in [-0.3, -0.25) is 9.59 Å². The second-order valence-electron chi connectivity index (χ2n) is 7.30. The summed E-state index contributed by atoms with van der Waals surface area (Å²) in [5.41, 5.74) is 2.38. The molecule has 2 amide bonds. The van der Waals surface area contributed by atoms with E-state index in [4.69, 9.17) is 11.6 Å². The first kappa shape index (κ1) is 19.0. The summed E-state index contributed by atoms with van der Waals surface area (Å²) in [6, 6.07) is 12.0. The molecule has 2 aromatic rings. The number of anilines is 2. The monoisotopic (exact) mass is 418 g/mol. The first-order chi connectivity index (χ1) is 13.2.